The van der Waals surface area contributed by atoms with Crippen LogP contribution in [0.1, 0.15) is 15.9 Å². The Morgan fingerprint density at radius 3 is 2.40 bits per heavy atom. The maximum atomic E-state index is 11.9. The topological polar surface area (TPSA) is 111 Å². The minimum absolute atomic E-state index is 0.00833. The molecule has 0 bridgehead atoms. The Labute approximate surface area is 144 Å². The van der Waals surface area contributed by atoms with Gasteiger partial charge in [-0.25, -0.2) is 0 Å². The number of para-hydroxylation sites is 1. The summed E-state index contributed by atoms with van der Waals surface area (Å²) in [7, 11) is 1.52. The van der Waals surface area contributed by atoms with Crippen LogP contribution in [0.3, 0.4) is 0 Å². The van der Waals surface area contributed by atoms with Crippen LogP contribution in [-0.4, -0.2) is 30.4 Å². The van der Waals surface area contributed by atoms with Crippen molar-refractivity contribution < 1.29 is 19.2 Å². The molecule has 0 saturated carbocycles. The van der Waals surface area contributed by atoms with E-state index in [2.05, 4.69) is 10.6 Å². The number of nitro benzene ring substituents is 1. The van der Waals surface area contributed by atoms with Crippen LogP contribution in [0.4, 0.5) is 5.69 Å². The number of hydrogen-bond donors (Lipinski definition) is 2. The van der Waals surface area contributed by atoms with Crippen molar-refractivity contribution in [1.82, 2.24) is 10.6 Å². The van der Waals surface area contributed by atoms with E-state index in [0.717, 1.165) is 0 Å². The Morgan fingerprint density at radius 1 is 1.08 bits per heavy atom. The maximum absolute atomic E-state index is 11.9. The molecular weight excluding hydrogens is 326 g/mol. The first-order chi connectivity index (χ1) is 12.0. The standard InChI is InChI=1S/C17H17N3O5/c1-25-14-8-6-12(7-9-14)17(22)19-11-16(21)18-10-13-4-2-3-5-15(13)20(23)24/h2-9H,10-11H2,1H3,(H,18,21)(H,19,22). The second-order valence-electron chi connectivity index (χ2n) is 5.07. The molecule has 0 aliphatic rings. The number of carbonyl (C=O) groups is 2. The molecule has 2 amide bonds. The molecule has 2 aromatic carbocycles. The summed E-state index contributed by atoms with van der Waals surface area (Å²) in [6.07, 6.45) is 0. The van der Waals surface area contributed by atoms with Crippen molar-refractivity contribution in [2.45, 2.75) is 6.54 Å². The number of rotatable bonds is 7. The van der Waals surface area contributed by atoms with Crippen molar-refractivity contribution in [3.8, 4) is 5.75 Å². The van der Waals surface area contributed by atoms with E-state index in [1.54, 1.807) is 42.5 Å². The fourth-order valence-corrected chi connectivity index (χ4v) is 2.10. The third-order valence-electron chi connectivity index (χ3n) is 3.43. The minimum Gasteiger partial charge on any atom is -0.497 e. The number of amides is 2. The Kier molecular flexibility index (Phi) is 6.05. The quantitative estimate of drug-likeness (QED) is 0.587. The molecule has 0 radical (unpaired) electrons. The molecule has 2 N–H and O–H groups in total. The molecule has 0 heterocycles. The summed E-state index contributed by atoms with van der Waals surface area (Å²) in [6, 6.07) is 12.6. The zero-order valence-electron chi connectivity index (χ0n) is 13.5. The highest BCUT2D eigenvalue weighted by Gasteiger charge is 2.13. The molecule has 130 valence electrons. The van der Waals surface area contributed by atoms with Crippen molar-refractivity contribution >= 4 is 17.5 Å². The second kappa shape index (κ2) is 8.44. The molecule has 2 rings (SSSR count). The number of nitrogens with one attached hydrogen (secondary N) is 2. The van der Waals surface area contributed by atoms with Crippen molar-refractivity contribution in [3.05, 3.63) is 69.8 Å². The zero-order chi connectivity index (χ0) is 18.2. The summed E-state index contributed by atoms with van der Waals surface area (Å²) in [4.78, 5) is 34.2. The van der Waals surface area contributed by atoms with Gasteiger partial charge >= 0.3 is 0 Å². The summed E-state index contributed by atoms with van der Waals surface area (Å²) in [5, 5.41) is 15.9. The maximum Gasteiger partial charge on any atom is 0.274 e. The Hall–Kier alpha value is -3.42. The zero-order valence-corrected chi connectivity index (χ0v) is 13.5. The Morgan fingerprint density at radius 2 is 1.76 bits per heavy atom. The van der Waals surface area contributed by atoms with Gasteiger partial charge in [0.25, 0.3) is 11.6 Å². The minimum atomic E-state index is -0.507. The van der Waals surface area contributed by atoms with Gasteiger partial charge in [-0.1, -0.05) is 18.2 Å². The lowest BCUT2D eigenvalue weighted by atomic mass is 10.2. The number of nitrogens with zero attached hydrogens (tertiary/aromatic N) is 1. The fraction of sp³-hybridized carbons (Fsp3) is 0.176. The van der Waals surface area contributed by atoms with Crippen LogP contribution in [0.2, 0.25) is 0 Å². The monoisotopic (exact) mass is 343 g/mol. The highest BCUT2D eigenvalue weighted by Crippen LogP contribution is 2.17. The van der Waals surface area contributed by atoms with Crippen LogP contribution in [0.5, 0.6) is 5.75 Å². The SMILES string of the molecule is COc1ccc(C(=O)NCC(=O)NCc2ccccc2[N+](=O)[O-])cc1. The summed E-state index contributed by atoms with van der Waals surface area (Å²) in [5.74, 6) is -0.220. The molecule has 0 aliphatic carbocycles. The average molecular weight is 343 g/mol. The summed E-state index contributed by atoms with van der Waals surface area (Å²) in [5.41, 5.74) is 0.722. The summed E-state index contributed by atoms with van der Waals surface area (Å²) < 4.78 is 5.00. The third kappa shape index (κ3) is 5.03. The fourth-order valence-electron chi connectivity index (χ4n) is 2.10. The van der Waals surface area contributed by atoms with Gasteiger partial charge < -0.3 is 15.4 Å². The molecule has 0 spiro atoms. The van der Waals surface area contributed by atoms with E-state index in [4.69, 9.17) is 4.74 Å². The highest BCUT2D eigenvalue weighted by molar-refractivity contribution is 5.96. The smallest absolute Gasteiger partial charge is 0.274 e. The van der Waals surface area contributed by atoms with Gasteiger partial charge in [0.15, 0.2) is 0 Å². The molecular formula is C17H17N3O5. The number of hydrogen-bond acceptors (Lipinski definition) is 5. The Balaban J connectivity index is 1.84. The molecule has 8 heteroatoms. The first kappa shape index (κ1) is 17.9. The molecule has 25 heavy (non-hydrogen) atoms. The van der Waals surface area contributed by atoms with Crippen molar-refractivity contribution in [2.75, 3.05) is 13.7 Å². The van der Waals surface area contributed by atoms with Gasteiger partial charge in [0.05, 0.1) is 18.6 Å². The number of benzene rings is 2. The molecule has 8 nitrogen and oxygen atoms in total. The van der Waals surface area contributed by atoms with Crippen LogP contribution in [0.25, 0.3) is 0 Å². The van der Waals surface area contributed by atoms with Crippen molar-refractivity contribution in [1.29, 1.82) is 0 Å². The summed E-state index contributed by atoms with van der Waals surface area (Å²) in [6.45, 7) is -0.222. The first-order valence-corrected chi connectivity index (χ1v) is 7.42. The number of ether oxygens (including phenoxy) is 1. The van der Waals surface area contributed by atoms with E-state index >= 15 is 0 Å². The van der Waals surface area contributed by atoms with E-state index in [-0.39, 0.29) is 18.8 Å². The van der Waals surface area contributed by atoms with E-state index in [9.17, 15) is 19.7 Å². The second-order valence-corrected chi connectivity index (χ2v) is 5.07. The van der Waals surface area contributed by atoms with Crippen LogP contribution in [-0.2, 0) is 11.3 Å². The van der Waals surface area contributed by atoms with Gasteiger partial charge in [-0.15, -0.1) is 0 Å². The van der Waals surface area contributed by atoms with Crippen molar-refractivity contribution in [3.63, 3.8) is 0 Å². The highest BCUT2D eigenvalue weighted by atomic mass is 16.6. The predicted octanol–water partition coefficient (Wildman–Crippen LogP) is 1.65. The molecule has 0 saturated heterocycles. The number of nitro groups is 1. The van der Waals surface area contributed by atoms with Gasteiger partial charge in [-0.2, -0.15) is 0 Å². The molecule has 0 aromatic heterocycles. The van der Waals surface area contributed by atoms with E-state index in [1.165, 1.54) is 13.2 Å². The average Bonchev–Trinajstić information content (AvgIpc) is 2.64. The largest absolute Gasteiger partial charge is 0.497 e. The van der Waals surface area contributed by atoms with Crippen LogP contribution in [0, 0.1) is 10.1 Å². The normalized spacial score (nSPS) is 9.96. The van der Waals surface area contributed by atoms with Gasteiger partial charge in [-0.3, -0.25) is 19.7 Å². The van der Waals surface area contributed by atoms with Crippen molar-refractivity contribution in [2.24, 2.45) is 0 Å². The third-order valence-corrected chi connectivity index (χ3v) is 3.43. The number of carbonyl (C=O) groups excluding carboxylic acids is 2. The molecule has 0 atom stereocenters. The van der Waals surface area contributed by atoms with Gasteiger partial charge in [-0.05, 0) is 24.3 Å². The first-order valence-electron chi connectivity index (χ1n) is 7.42. The molecule has 2 aromatic rings. The molecule has 0 aliphatic heterocycles. The lowest BCUT2D eigenvalue weighted by Gasteiger charge is -2.08. The van der Waals surface area contributed by atoms with Crippen LogP contribution < -0.4 is 15.4 Å². The lowest BCUT2D eigenvalue weighted by Crippen LogP contribution is -2.36. The van der Waals surface area contributed by atoms with Crippen LogP contribution >= 0.6 is 0 Å². The lowest BCUT2D eigenvalue weighted by molar-refractivity contribution is -0.385. The molecule has 0 unspecified atom stereocenters. The van der Waals surface area contributed by atoms with E-state index in [0.29, 0.717) is 16.9 Å². The predicted molar refractivity (Wildman–Crippen MR) is 90.3 cm³/mol. The van der Waals surface area contributed by atoms with Gasteiger partial charge in [0.1, 0.15) is 5.75 Å². The number of methoxy groups -OCH3 is 1. The van der Waals surface area contributed by atoms with E-state index < -0.39 is 16.7 Å². The van der Waals surface area contributed by atoms with Gasteiger partial charge in [0.2, 0.25) is 5.91 Å². The van der Waals surface area contributed by atoms with E-state index in [1.807, 2.05) is 0 Å². The molecule has 0 fully saturated rings. The Bertz CT molecular complexity index is 774. The van der Waals surface area contributed by atoms with Crippen LogP contribution in [0.15, 0.2) is 48.5 Å². The summed E-state index contributed by atoms with van der Waals surface area (Å²) >= 11 is 0. The van der Waals surface area contributed by atoms with Gasteiger partial charge in [0, 0.05) is 23.7 Å².